The molecule has 0 bridgehead atoms. The van der Waals surface area contributed by atoms with Gasteiger partial charge >= 0.3 is 0 Å². The minimum absolute atomic E-state index is 0.0724. The predicted molar refractivity (Wildman–Crippen MR) is 102 cm³/mol. The SMILES string of the molecule is CC(C)C(=O)N1CCN(c2ncnc3sc4c(c23)CC[C@H](C)C4)CC1. The molecule has 1 saturated heterocycles. The zero-order valence-electron chi connectivity index (χ0n) is 15.3. The van der Waals surface area contributed by atoms with E-state index in [0.29, 0.717) is 0 Å². The van der Waals surface area contributed by atoms with Gasteiger partial charge in [0.05, 0.1) is 5.39 Å². The summed E-state index contributed by atoms with van der Waals surface area (Å²) in [7, 11) is 0. The highest BCUT2D eigenvalue weighted by atomic mass is 32.1. The van der Waals surface area contributed by atoms with Crippen LogP contribution in [0, 0.1) is 11.8 Å². The summed E-state index contributed by atoms with van der Waals surface area (Å²) in [5, 5.41) is 1.28. The number of rotatable bonds is 2. The van der Waals surface area contributed by atoms with Crippen LogP contribution in [0.2, 0.25) is 0 Å². The lowest BCUT2D eigenvalue weighted by molar-refractivity contribution is -0.134. The van der Waals surface area contributed by atoms with Gasteiger partial charge in [-0.05, 0) is 30.7 Å². The van der Waals surface area contributed by atoms with Crippen LogP contribution in [-0.4, -0.2) is 47.0 Å². The first-order valence-electron chi connectivity index (χ1n) is 9.33. The molecule has 2 aliphatic rings. The lowest BCUT2D eigenvalue weighted by atomic mass is 9.89. The minimum Gasteiger partial charge on any atom is -0.352 e. The summed E-state index contributed by atoms with van der Waals surface area (Å²) in [5.74, 6) is 2.17. The van der Waals surface area contributed by atoms with E-state index in [0.717, 1.165) is 49.2 Å². The second kappa shape index (κ2) is 6.56. The fourth-order valence-electron chi connectivity index (χ4n) is 4.00. The fourth-order valence-corrected chi connectivity index (χ4v) is 5.35. The zero-order chi connectivity index (χ0) is 17.6. The summed E-state index contributed by atoms with van der Waals surface area (Å²) in [6.07, 6.45) is 5.27. The highest BCUT2D eigenvalue weighted by Crippen LogP contribution is 2.40. The summed E-state index contributed by atoms with van der Waals surface area (Å²) in [6, 6.07) is 0. The number of nitrogens with zero attached hydrogens (tertiary/aromatic N) is 4. The summed E-state index contributed by atoms with van der Waals surface area (Å²) in [4.78, 5) is 28.4. The van der Waals surface area contributed by atoms with Gasteiger partial charge in [-0.15, -0.1) is 11.3 Å². The van der Waals surface area contributed by atoms with Crippen LogP contribution in [0.3, 0.4) is 0 Å². The molecule has 1 aliphatic heterocycles. The third kappa shape index (κ3) is 3.01. The number of anilines is 1. The van der Waals surface area contributed by atoms with Crippen LogP contribution in [0.1, 0.15) is 37.6 Å². The van der Waals surface area contributed by atoms with Gasteiger partial charge < -0.3 is 9.80 Å². The number of hydrogen-bond donors (Lipinski definition) is 0. The average molecular weight is 359 g/mol. The Morgan fingerprint density at radius 1 is 1.24 bits per heavy atom. The second-order valence-electron chi connectivity index (χ2n) is 7.70. The molecule has 2 aromatic rings. The van der Waals surface area contributed by atoms with Crippen LogP contribution in [0.25, 0.3) is 10.2 Å². The Morgan fingerprint density at radius 3 is 2.72 bits per heavy atom. The van der Waals surface area contributed by atoms with Crippen molar-refractivity contribution in [3.8, 4) is 0 Å². The molecule has 3 heterocycles. The van der Waals surface area contributed by atoms with Gasteiger partial charge in [-0.3, -0.25) is 4.79 Å². The van der Waals surface area contributed by atoms with Crippen LogP contribution in [0.15, 0.2) is 6.33 Å². The van der Waals surface area contributed by atoms with Gasteiger partial charge in [0, 0.05) is 37.0 Å². The van der Waals surface area contributed by atoms with Crippen molar-refractivity contribution in [3.05, 3.63) is 16.8 Å². The van der Waals surface area contributed by atoms with Gasteiger partial charge in [0.25, 0.3) is 0 Å². The molecular weight excluding hydrogens is 332 g/mol. The molecule has 6 heteroatoms. The number of thiophene rings is 1. The number of carbonyl (C=O) groups excluding carboxylic acids is 1. The molecule has 0 spiro atoms. The highest BCUT2D eigenvalue weighted by molar-refractivity contribution is 7.19. The van der Waals surface area contributed by atoms with Gasteiger partial charge in [0.1, 0.15) is 17.0 Å². The summed E-state index contributed by atoms with van der Waals surface area (Å²) < 4.78 is 0. The maximum atomic E-state index is 12.2. The second-order valence-corrected chi connectivity index (χ2v) is 8.78. The molecule has 1 fully saturated rings. The Balaban J connectivity index is 1.61. The molecule has 5 nitrogen and oxygen atoms in total. The zero-order valence-corrected chi connectivity index (χ0v) is 16.1. The highest BCUT2D eigenvalue weighted by Gasteiger charge is 2.28. The van der Waals surface area contributed by atoms with E-state index < -0.39 is 0 Å². The number of piperazine rings is 1. The fraction of sp³-hybridized carbons (Fsp3) is 0.632. The molecule has 1 aliphatic carbocycles. The number of hydrogen-bond acceptors (Lipinski definition) is 5. The van der Waals surface area contributed by atoms with Gasteiger partial charge in [-0.1, -0.05) is 20.8 Å². The Bertz CT molecular complexity index is 792. The van der Waals surface area contributed by atoms with Crippen LogP contribution in [-0.2, 0) is 17.6 Å². The summed E-state index contributed by atoms with van der Waals surface area (Å²) in [6.45, 7) is 9.56. The number of fused-ring (bicyclic) bond motifs is 3. The largest absolute Gasteiger partial charge is 0.352 e. The first kappa shape index (κ1) is 16.8. The Labute approximate surface area is 153 Å². The van der Waals surface area contributed by atoms with Crippen molar-refractivity contribution in [2.45, 2.75) is 40.0 Å². The van der Waals surface area contributed by atoms with E-state index in [4.69, 9.17) is 0 Å². The van der Waals surface area contributed by atoms with E-state index in [1.165, 1.54) is 28.7 Å². The van der Waals surface area contributed by atoms with Crippen LogP contribution in [0.4, 0.5) is 5.82 Å². The van der Waals surface area contributed by atoms with Crippen molar-refractivity contribution in [2.24, 2.45) is 11.8 Å². The van der Waals surface area contributed by atoms with E-state index in [-0.39, 0.29) is 11.8 Å². The maximum absolute atomic E-state index is 12.2. The maximum Gasteiger partial charge on any atom is 0.225 e. The molecular formula is C19H26N4OS. The Kier molecular flexibility index (Phi) is 4.40. The van der Waals surface area contributed by atoms with E-state index in [2.05, 4.69) is 21.8 Å². The third-order valence-corrected chi connectivity index (χ3v) is 6.62. The number of aromatic nitrogens is 2. The molecule has 4 rings (SSSR count). The topological polar surface area (TPSA) is 49.3 Å². The lowest BCUT2D eigenvalue weighted by Gasteiger charge is -2.36. The molecule has 0 aromatic carbocycles. The normalized spacial score (nSPS) is 21.0. The number of aryl methyl sites for hydroxylation is 1. The van der Waals surface area contributed by atoms with Gasteiger partial charge in [0.2, 0.25) is 5.91 Å². The first-order valence-corrected chi connectivity index (χ1v) is 10.1. The van der Waals surface area contributed by atoms with Crippen LogP contribution < -0.4 is 4.90 Å². The molecule has 1 atom stereocenters. The third-order valence-electron chi connectivity index (χ3n) is 5.46. The van der Waals surface area contributed by atoms with E-state index in [9.17, 15) is 4.79 Å². The first-order chi connectivity index (χ1) is 12.0. The van der Waals surface area contributed by atoms with Gasteiger partial charge in [-0.25, -0.2) is 9.97 Å². The average Bonchev–Trinajstić information content (AvgIpc) is 2.98. The number of amides is 1. The van der Waals surface area contributed by atoms with Gasteiger partial charge in [0.15, 0.2) is 0 Å². The van der Waals surface area contributed by atoms with Crippen molar-refractivity contribution < 1.29 is 4.79 Å². The Morgan fingerprint density at radius 2 is 2.00 bits per heavy atom. The van der Waals surface area contributed by atoms with Crippen LogP contribution in [0.5, 0.6) is 0 Å². The van der Waals surface area contributed by atoms with Crippen molar-refractivity contribution in [1.82, 2.24) is 14.9 Å². The van der Waals surface area contributed by atoms with Crippen LogP contribution >= 0.6 is 11.3 Å². The van der Waals surface area contributed by atoms with Crippen molar-refractivity contribution in [2.75, 3.05) is 31.1 Å². The molecule has 25 heavy (non-hydrogen) atoms. The lowest BCUT2D eigenvalue weighted by Crippen LogP contribution is -2.50. The molecule has 1 amide bonds. The summed E-state index contributed by atoms with van der Waals surface area (Å²) in [5.41, 5.74) is 1.48. The molecule has 0 radical (unpaired) electrons. The smallest absolute Gasteiger partial charge is 0.225 e. The van der Waals surface area contributed by atoms with E-state index in [1.807, 2.05) is 30.1 Å². The molecule has 0 N–H and O–H groups in total. The minimum atomic E-state index is 0.0724. The van der Waals surface area contributed by atoms with Crippen molar-refractivity contribution in [1.29, 1.82) is 0 Å². The van der Waals surface area contributed by atoms with Crippen molar-refractivity contribution >= 4 is 33.3 Å². The van der Waals surface area contributed by atoms with Gasteiger partial charge in [-0.2, -0.15) is 0 Å². The van der Waals surface area contributed by atoms with E-state index in [1.54, 1.807) is 6.33 Å². The number of carbonyl (C=O) groups is 1. The molecule has 2 aromatic heterocycles. The molecule has 0 saturated carbocycles. The Hall–Kier alpha value is -1.69. The molecule has 0 unspecified atom stereocenters. The standard InChI is InChI=1S/C19H26N4OS/c1-12(2)19(24)23-8-6-22(7-9-23)17-16-14-5-4-13(3)10-15(14)25-18(16)21-11-20-17/h11-13H,4-10H2,1-3H3/t13-/m0/s1. The predicted octanol–water partition coefficient (Wildman–Crippen LogP) is 3.12. The molecule has 134 valence electrons. The van der Waals surface area contributed by atoms with E-state index >= 15 is 0 Å². The summed E-state index contributed by atoms with van der Waals surface area (Å²) >= 11 is 1.85. The quantitative estimate of drug-likeness (QED) is 0.828. The monoisotopic (exact) mass is 358 g/mol. The van der Waals surface area contributed by atoms with Crippen molar-refractivity contribution in [3.63, 3.8) is 0 Å².